The third-order valence-electron chi connectivity index (χ3n) is 9.12. The normalized spacial score (nSPS) is 15.9. The van der Waals surface area contributed by atoms with Crippen LogP contribution in [0.5, 0.6) is 11.5 Å². The van der Waals surface area contributed by atoms with Gasteiger partial charge in [-0.05, 0) is 130 Å². The molecule has 1 fully saturated rings. The van der Waals surface area contributed by atoms with E-state index >= 15 is 0 Å². The fourth-order valence-electron chi connectivity index (χ4n) is 5.89. The minimum absolute atomic E-state index is 0.300. The van der Waals surface area contributed by atoms with Crippen LogP contribution in [0.3, 0.4) is 0 Å². The zero-order chi connectivity index (χ0) is 35.1. The lowest BCUT2D eigenvalue weighted by Crippen LogP contribution is -2.18. The summed E-state index contributed by atoms with van der Waals surface area (Å²) in [5.41, 5.74) is 4.36. The van der Waals surface area contributed by atoms with Crippen molar-refractivity contribution >= 4 is 5.97 Å². The summed E-state index contributed by atoms with van der Waals surface area (Å²) in [5.74, 6) is 2.59. The molecule has 50 heavy (non-hydrogen) atoms. The number of carbonyl (C=O) groups excluding carboxylic acids is 1. The predicted octanol–water partition coefficient (Wildman–Crippen LogP) is 10.1. The molecule has 3 aromatic rings. The van der Waals surface area contributed by atoms with Crippen molar-refractivity contribution in [2.75, 3.05) is 39.6 Å². The van der Waals surface area contributed by atoms with E-state index in [-0.39, 0.29) is 5.97 Å². The summed E-state index contributed by atoms with van der Waals surface area (Å²) in [6.45, 7) is 8.17. The number of ether oxygens (including phenoxy) is 3. The smallest absolute Gasteiger partial charge is 0.338 e. The van der Waals surface area contributed by atoms with E-state index in [4.69, 9.17) is 33.8 Å². The molecular formula is C42H58O8. The van der Waals surface area contributed by atoms with Gasteiger partial charge in [0.1, 0.15) is 18.1 Å². The van der Waals surface area contributed by atoms with Crippen LogP contribution >= 0.6 is 0 Å². The quantitative estimate of drug-likeness (QED) is 0.0376. The van der Waals surface area contributed by atoms with E-state index in [1.54, 1.807) is 12.1 Å². The van der Waals surface area contributed by atoms with Gasteiger partial charge in [0.15, 0.2) is 0 Å². The first kappa shape index (κ1) is 39.4. The molecule has 0 heterocycles. The first-order chi connectivity index (χ1) is 24.6. The summed E-state index contributed by atoms with van der Waals surface area (Å²) in [6, 6.07) is 24.0. The number of rotatable bonds is 25. The minimum atomic E-state index is -0.300. The Kier molecular flexibility index (Phi) is 18.8. The van der Waals surface area contributed by atoms with Gasteiger partial charge in [-0.1, -0.05) is 61.7 Å². The molecule has 0 bridgehead atoms. The monoisotopic (exact) mass is 690 g/mol. The predicted molar refractivity (Wildman–Crippen MR) is 195 cm³/mol. The number of esters is 1. The molecule has 0 aliphatic heterocycles. The van der Waals surface area contributed by atoms with Crippen molar-refractivity contribution in [2.45, 2.75) is 103 Å². The summed E-state index contributed by atoms with van der Waals surface area (Å²) >= 11 is 0. The van der Waals surface area contributed by atoms with E-state index in [9.17, 15) is 4.79 Å². The van der Waals surface area contributed by atoms with Gasteiger partial charge in [0.05, 0.1) is 45.2 Å². The maximum absolute atomic E-state index is 12.2. The highest BCUT2D eigenvalue weighted by atomic mass is 17.2. The number of benzene rings is 3. The topological polar surface area (TPSA) is 81.7 Å². The van der Waals surface area contributed by atoms with Crippen molar-refractivity contribution in [3.8, 4) is 11.5 Å². The number of carbonyl (C=O) groups is 1. The number of hydrogen-bond donors (Lipinski definition) is 0. The Labute approximate surface area is 299 Å². The summed E-state index contributed by atoms with van der Waals surface area (Å²) < 4.78 is 16.9. The van der Waals surface area contributed by atoms with Gasteiger partial charge in [0.25, 0.3) is 0 Å². The van der Waals surface area contributed by atoms with Gasteiger partial charge in [-0.25, -0.2) is 24.3 Å². The lowest BCUT2D eigenvalue weighted by Gasteiger charge is -2.28. The molecular weight excluding hydrogens is 632 g/mol. The van der Waals surface area contributed by atoms with Crippen LogP contribution in [-0.2, 0) is 30.9 Å². The lowest BCUT2D eigenvalue weighted by molar-refractivity contribution is -0.304. The largest absolute Gasteiger partial charge is 0.494 e. The van der Waals surface area contributed by atoms with E-state index in [2.05, 4.69) is 38.1 Å². The van der Waals surface area contributed by atoms with Crippen LogP contribution in [0.25, 0.3) is 0 Å². The zero-order valence-electron chi connectivity index (χ0n) is 30.3. The van der Waals surface area contributed by atoms with Gasteiger partial charge in [-0.3, -0.25) is 0 Å². The Hall–Kier alpha value is -3.43. The molecule has 0 saturated heterocycles. The highest BCUT2D eigenvalue weighted by Crippen LogP contribution is 2.36. The summed E-state index contributed by atoms with van der Waals surface area (Å²) in [7, 11) is 0. The van der Waals surface area contributed by atoms with Crippen LogP contribution in [-0.4, -0.2) is 45.6 Å². The third-order valence-corrected chi connectivity index (χ3v) is 9.12. The second kappa shape index (κ2) is 23.9. The molecule has 4 rings (SSSR count). The van der Waals surface area contributed by atoms with E-state index in [0.29, 0.717) is 63.6 Å². The molecule has 0 aromatic heterocycles. The Bertz CT molecular complexity index is 1300. The van der Waals surface area contributed by atoms with Crippen molar-refractivity contribution in [2.24, 2.45) is 5.92 Å². The molecule has 1 saturated carbocycles. The van der Waals surface area contributed by atoms with E-state index in [1.165, 1.54) is 36.8 Å². The van der Waals surface area contributed by atoms with Gasteiger partial charge < -0.3 is 14.2 Å². The second-order valence-corrected chi connectivity index (χ2v) is 13.3. The molecule has 8 heteroatoms. The fourth-order valence-corrected chi connectivity index (χ4v) is 5.89. The van der Waals surface area contributed by atoms with Crippen LogP contribution in [0.2, 0.25) is 0 Å². The average molecular weight is 691 g/mol. The number of aryl methyl sites for hydroxylation is 1. The number of unbranched alkanes of at least 4 members (excludes halogenated alkanes) is 5. The Morgan fingerprint density at radius 3 is 1.86 bits per heavy atom. The summed E-state index contributed by atoms with van der Waals surface area (Å²) in [5, 5.41) is 0. The van der Waals surface area contributed by atoms with Gasteiger partial charge in [-0.2, -0.15) is 0 Å². The Morgan fingerprint density at radius 2 is 1.18 bits per heavy atom. The fraction of sp³-hybridized carbons (Fsp3) is 0.548. The lowest BCUT2D eigenvalue weighted by atomic mass is 9.79. The van der Waals surface area contributed by atoms with Crippen molar-refractivity contribution in [1.82, 2.24) is 0 Å². The molecule has 274 valence electrons. The molecule has 0 amide bonds. The van der Waals surface area contributed by atoms with Crippen LogP contribution in [0.4, 0.5) is 0 Å². The zero-order valence-corrected chi connectivity index (χ0v) is 30.3. The first-order valence-corrected chi connectivity index (χ1v) is 18.8. The molecule has 0 atom stereocenters. The van der Waals surface area contributed by atoms with Gasteiger partial charge in [-0.15, -0.1) is 0 Å². The van der Waals surface area contributed by atoms with Crippen LogP contribution < -0.4 is 9.47 Å². The molecule has 0 N–H and O–H groups in total. The number of hydrogen-bond acceptors (Lipinski definition) is 8. The first-order valence-electron chi connectivity index (χ1n) is 18.8. The van der Waals surface area contributed by atoms with Crippen molar-refractivity contribution in [3.63, 3.8) is 0 Å². The molecule has 3 aromatic carbocycles. The standard InChI is InChI=1S/C42H58O8/c1-3-4-27-44-41-25-21-39(22-26-41)42(43)46-29-7-5-6-8-30-47-50-33-36-15-23-40(24-16-36)45-28-9-10-31-48-49-32-35-13-19-38(20-14-35)37-17-11-34(2)12-18-37/h11-12,15-18,21-26,35,38H,3-10,13-14,19-20,27-33H2,1-2H3. The van der Waals surface area contributed by atoms with Gasteiger partial charge in [0.2, 0.25) is 0 Å². The van der Waals surface area contributed by atoms with Crippen molar-refractivity contribution in [1.29, 1.82) is 0 Å². The van der Waals surface area contributed by atoms with Gasteiger partial charge in [0, 0.05) is 0 Å². The van der Waals surface area contributed by atoms with E-state index < -0.39 is 0 Å². The molecule has 0 spiro atoms. The minimum Gasteiger partial charge on any atom is -0.494 e. The van der Waals surface area contributed by atoms with Crippen LogP contribution in [0.1, 0.15) is 117 Å². The second-order valence-electron chi connectivity index (χ2n) is 13.3. The SMILES string of the molecule is CCCCOc1ccc(C(=O)OCCCCCCOOCc2ccc(OCCCCOOCC3CCC(c4ccc(C)cc4)CC3)cc2)cc1. The Balaban J connectivity index is 0.905. The third kappa shape index (κ3) is 15.6. The highest BCUT2D eigenvalue weighted by Gasteiger charge is 2.22. The Morgan fingerprint density at radius 1 is 0.600 bits per heavy atom. The van der Waals surface area contributed by atoms with E-state index in [0.717, 1.165) is 68.4 Å². The summed E-state index contributed by atoms with van der Waals surface area (Å²) in [6.07, 6.45) is 12.4. The highest BCUT2D eigenvalue weighted by molar-refractivity contribution is 5.89. The summed E-state index contributed by atoms with van der Waals surface area (Å²) in [4.78, 5) is 33.9. The molecule has 1 aliphatic rings. The molecule has 0 unspecified atom stereocenters. The maximum atomic E-state index is 12.2. The van der Waals surface area contributed by atoms with E-state index in [1.807, 2.05) is 36.4 Å². The van der Waals surface area contributed by atoms with Crippen LogP contribution in [0, 0.1) is 12.8 Å². The average Bonchev–Trinajstić information content (AvgIpc) is 3.15. The van der Waals surface area contributed by atoms with Crippen LogP contribution in [0.15, 0.2) is 72.8 Å². The molecule has 0 radical (unpaired) electrons. The maximum Gasteiger partial charge on any atom is 0.338 e. The molecule has 8 nitrogen and oxygen atoms in total. The van der Waals surface area contributed by atoms with Gasteiger partial charge >= 0.3 is 5.97 Å². The van der Waals surface area contributed by atoms with Crippen molar-refractivity contribution < 1.29 is 38.6 Å². The molecule has 1 aliphatic carbocycles. The van der Waals surface area contributed by atoms with Crippen molar-refractivity contribution in [3.05, 3.63) is 95.1 Å².